The Morgan fingerprint density at radius 3 is 2.44 bits per heavy atom. The van der Waals surface area contributed by atoms with Gasteiger partial charge in [0.15, 0.2) is 0 Å². The van der Waals surface area contributed by atoms with Crippen LogP contribution >= 0.6 is 11.6 Å². The van der Waals surface area contributed by atoms with E-state index in [2.05, 4.69) is 0 Å². The molecule has 7 heteroatoms. The number of imide groups is 1. The number of benzene rings is 2. The van der Waals surface area contributed by atoms with Crippen LogP contribution in [0.1, 0.15) is 37.5 Å². The molecule has 0 unspecified atom stereocenters. The Morgan fingerprint density at radius 2 is 1.74 bits per heavy atom. The molecule has 2 aromatic rings. The molecule has 0 atom stereocenters. The van der Waals surface area contributed by atoms with Crippen LogP contribution in [-0.2, 0) is 0 Å². The van der Waals surface area contributed by atoms with E-state index in [0.717, 1.165) is 10.6 Å². The van der Waals surface area contributed by atoms with Crippen molar-refractivity contribution in [2.45, 2.75) is 6.42 Å². The first kappa shape index (κ1) is 18.9. The zero-order chi connectivity index (χ0) is 19.6. The molecular weight excluding hydrogens is 368 g/mol. The van der Waals surface area contributed by atoms with Crippen LogP contribution < -0.4 is 4.74 Å². The zero-order valence-electron chi connectivity index (χ0n) is 15.1. The second kappa shape index (κ2) is 7.80. The molecule has 1 aliphatic rings. The zero-order valence-corrected chi connectivity index (χ0v) is 15.8. The minimum atomic E-state index is -0.385. The number of nitrogens with zero attached hydrogens (tertiary/aromatic N) is 2. The highest BCUT2D eigenvalue weighted by molar-refractivity contribution is 6.30. The number of hydrogen-bond acceptors (Lipinski definition) is 4. The van der Waals surface area contributed by atoms with E-state index in [-0.39, 0.29) is 23.3 Å². The minimum absolute atomic E-state index is 0.209. The Kier molecular flexibility index (Phi) is 5.46. The van der Waals surface area contributed by atoms with Crippen LogP contribution in [0.5, 0.6) is 5.75 Å². The van der Waals surface area contributed by atoms with E-state index < -0.39 is 0 Å². The molecule has 0 aromatic heterocycles. The van der Waals surface area contributed by atoms with Gasteiger partial charge in [-0.25, -0.2) is 0 Å². The maximum absolute atomic E-state index is 12.6. The first-order chi connectivity index (χ1) is 12.9. The molecule has 2 aromatic carbocycles. The van der Waals surface area contributed by atoms with E-state index in [4.69, 9.17) is 16.3 Å². The lowest BCUT2D eigenvalue weighted by atomic mass is 10.0. The summed E-state index contributed by atoms with van der Waals surface area (Å²) in [7, 11) is 3.12. The fraction of sp³-hybridized carbons (Fsp3) is 0.250. The van der Waals surface area contributed by atoms with Crippen molar-refractivity contribution in [2.75, 3.05) is 27.2 Å². The third-order valence-electron chi connectivity index (χ3n) is 4.40. The van der Waals surface area contributed by atoms with Gasteiger partial charge in [-0.05, 0) is 48.9 Å². The third kappa shape index (κ3) is 3.95. The topological polar surface area (TPSA) is 66.9 Å². The summed E-state index contributed by atoms with van der Waals surface area (Å²) in [5.41, 5.74) is 0.984. The Morgan fingerprint density at radius 1 is 1.07 bits per heavy atom. The molecule has 1 aliphatic heterocycles. The number of hydrogen-bond donors (Lipinski definition) is 0. The van der Waals surface area contributed by atoms with Gasteiger partial charge in [-0.2, -0.15) is 0 Å². The smallest absolute Gasteiger partial charge is 0.261 e. The predicted octanol–water partition coefficient (Wildman–Crippen LogP) is 3.11. The van der Waals surface area contributed by atoms with Crippen molar-refractivity contribution in [3.05, 3.63) is 64.2 Å². The predicted molar refractivity (Wildman–Crippen MR) is 101 cm³/mol. The molecule has 0 bridgehead atoms. The molecule has 0 aliphatic carbocycles. The summed E-state index contributed by atoms with van der Waals surface area (Å²) >= 11 is 5.83. The Balaban J connectivity index is 1.56. The van der Waals surface area contributed by atoms with Crippen molar-refractivity contribution >= 4 is 29.3 Å². The van der Waals surface area contributed by atoms with Crippen molar-refractivity contribution in [1.29, 1.82) is 0 Å². The van der Waals surface area contributed by atoms with E-state index in [9.17, 15) is 14.4 Å². The molecule has 0 radical (unpaired) electrons. The molecule has 6 nitrogen and oxygen atoms in total. The molecule has 140 valence electrons. The van der Waals surface area contributed by atoms with Gasteiger partial charge in [-0.1, -0.05) is 11.6 Å². The van der Waals surface area contributed by atoms with Gasteiger partial charge in [0.25, 0.3) is 17.7 Å². The monoisotopic (exact) mass is 386 g/mol. The van der Waals surface area contributed by atoms with E-state index in [1.807, 2.05) is 0 Å². The fourth-order valence-corrected chi connectivity index (χ4v) is 2.96. The van der Waals surface area contributed by atoms with Crippen molar-refractivity contribution in [3.8, 4) is 5.75 Å². The SMILES string of the molecule is CN(CCCOc1ccc(Cl)cc1)C(=O)c1ccc2c(c1)C(=O)N(C)C2=O. The van der Waals surface area contributed by atoms with Crippen LogP contribution in [-0.4, -0.2) is 54.8 Å². The number of rotatable bonds is 6. The van der Waals surface area contributed by atoms with Crippen LogP contribution in [0.2, 0.25) is 5.02 Å². The minimum Gasteiger partial charge on any atom is -0.494 e. The number of ether oxygens (including phenoxy) is 1. The van der Waals surface area contributed by atoms with Crippen LogP contribution in [0.4, 0.5) is 0 Å². The van der Waals surface area contributed by atoms with Crippen LogP contribution in [0, 0.1) is 0 Å². The molecule has 0 saturated carbocycles. The Labute approximate surface area is 162 Å². The lowest BCUT2D eigenvalue weighted by Gasteiger charge is -2.17. The fourth-order valence-electron chi connectivity index (χ4n) is 2.84. The summed E-state index contributed by atoms with van der Waals surface area (Å²) in [4.78, 5) is 39.2. The molecule has 0 fully saturated rings. The number of amides is 3. The molecule has 3 rings (SSSR count). The molecule has 1 heterocycles. The van der Waals surface area contributed by atoms with Crippen LogP contribution in [0.3, 0.4) is 0 Å². The number of halogens is 1. The highest BCUT2D eigenvalue weighted by Gasteiger charge is 2.33. The van der Waals surface area contributed by atoms with Crippen LogP contribution in [0.15, 0.2) is 42.5 Å². The molecule has 0 N–H and O–H groups in total. The molecule has 0 spiro atoms. The standard InChI is InChI=1S/C20H19ClN2O4/c1-22(10-3-11-27-15-7-5-14(21)6-8-15)18(24)13-4-9-16-17(12-13)20(26)23(2)19(16)25/h4-9,12H,3,10-11H2,1-2H3. The van der Waals surface area contributed by atoms with Crippen molar-refractivity contribution < 1.29 is 19.1 Å². The molecule has 27 heavy (non-hydrogen) atoms. The Hall–Kier alpha value is -2.86. The van der Waals surface area contributed by atoms with E-state index in [0.29, 0.717) is 35.7 Å². The summed E-state index contributed by atoms with van der Waals surface area (Å²) in [5, 5.41) is 0.647. The highest BCUT2D eigenvalue weighted by Crippen LogP contribution is 2.23. The van der Waals surface area contributed by atoms with Crippen molar-refractivity contribution in [1.82, 2.24) is 9.80 Å². The van der Waals surface area contributed by atoms with Gasteiger partial charge in [0.05, 0.1) is 17.7 Å². The van der Waals surface area contributed by atoms with Crippen molar-refractivity contribution in [3.63, 3.8) is 0 Å². The van der Waals surface area contributed by atoms with Gasteiger partial charge in [-0.3, -0.25) is 19.3 Å². The number of fused-ring (bicyclic) bond motifs is 1. The maximum Gasteiger partial charge on any atom is 0.261 e. The largest absolute Gasteiger partial charge is 0.494 e. The normalized spacial score (nSPS) is 12.9. The summed E-state index contributed by atoms with van der Waals surface area (Å²) < 4.78 is 5.61. The van der Waals surface area contributed by atoms with Crippen LogP contribution in [0.25, 0.3) is 0 Å². The summed E-state index contributed by atoms with van der Waals surface area (Å²) in [6, 6.07) is 11.7. The van der Waals surface area contributed by atoms with Gasteiger partial charge in [0.2, 0.25) is 0 Å². The summed E-state index contributed by atoms with van der Waals surface area (Å²) in [5.74, 6) is -0.219. The first-order valence-electron chi connectivity index (χ1n) is 8.49. The lowest BCUT2D eigenvalue weighted by Crippen LogP contribution is -2.28. The molecule has 0 saturated heterocycles. The third-order valence-corrected chi connectivity index (χ3v) is 4.66. The average Bonchev–Trinajstić information content (AvgIpc) is 2.89. The van der Waals surface area contributed by atoms with Gasteiger partial charge in [-0.15, -0.1) is 0 Å². The van der Waals surface area contributed by atoms with Gasteiger partial charge >= 0.3 is 0 Å². The first-order valence-corrected chi connectivity index (χ1v) is 8.86. The highest BCUT2D eigenvalue weighted by atomic mass is 35.5. The Bertz CT molecular complexity index is 895. The van der Waals surface area contributed by atoms with Gasteiger partial charge < -0.3 is 9.64 Å². The van der Waals surface area contributed by atoms with E-state index in [1.165, 1.54) is 19.2 Å². The second-order valence-corrected chi connectivity index (χ2v) is 6.75. The van der Waals surface area contributed by atoms with E-state index >= 15 is 0 Å². The number of carbonyl (C=O) groups is 3. The maximum atomic E-state index is 12.6. The van der Waals surface area contributed by atoms with Gasteiger partial charge in [0, 0.05) is 31.2 Å². The summed E-state index contributed by atoms with van der Waals surface area (Å²) in [6.07, 6.45) is 0.649. The second-order valence-electron chi connectivity index (χ2n) is 6.31. The quantitative estimate of drug-likeness (QED) is 0.565. The molecule has 3 amide bonds. The van der Waals surface area contributed by atoms with Crippen molar-refractivity contribution in [2.24, 2.45) is 0 Å². The number of carbonyl (C=O) groups excluding carboxylic acids is 3. The average molecular weight is 387 g/mol. The summed E-state index contributed by atoms with van der Waals surface area (Å²) in [6.45, 7) is 0.956. The lowest BCUT2D eigenvalue weighted by molar-refractivity contribution is 0.0692. The van der Waals surface area contributed by atoms with Gasteiger partial charge in [0.1, 0.15) is 5.75 Å². The van der Waals surface area contributed by atoms with E-state index in [1.54, 1.807) is 42.3 Å². The molecular formula is C20H19ClN2O4.